The molecule has 2 aliphatic heterocycles. The fraction of sp³-hybridized carbons (Fsp3) is 0.636. The Labute approximate surface area is 163 Å². The van der Waals surface area contributed by atoms with Crippen LogP contribution in [0.5, 0.6) is 0 Å². The lowest BCUT2D eigenvalue weighted by molar-refractivity contribution is -0.161. The van der Waals surface area contributed by atoms with Crippen LogP contribution < -0.4 is 5.32 Å². The van der Waals surface area contributed by atoms with Crippen molar-refractivity contribution in [3.63, 3.8) is 0 Å². The number of carbonyl (C=O) groups is 2. The predicted octanol–water partition coefficient (Wildman–Crippen LogP) is 2.80. The molecule has 3 rings (SSSR count). The Balaban J connectivity index is 1.72. The molecule has 1 spiro atoms. The molecule has 2 saturated heterocycles. The van der Waals surface area contributed by atoms with Crippen molar-refractivity contribution in [1.82, 2.24) is 15.1 Å². The van der Waals surface area contributed by atoms with Gasteiger partial charge in [-0.25, -0.2) is 0 Å². The molecule has 0 bridgehead atoms. The van der Waals surface area contributed by atoms with E-state index in [-0.39, 0.29) is 17.9 Å². The summed E-state index contributed by atoms with van der Waals surface area (Å²) in [5.74, 6) is 0.548. The molecule has 27 heavy (non-hydrogen) atoms. The number of carbonyl (C=O) groups excluding carboxylic acids is 2. The highest BCUT2D eigenvalue weighted by molar-refractivity contribution is 6.00. The third kappa shape index (κ3) is 4.18. The number of rotatable bonds is 6. The first-order chi connectivity index (χ1) is 13.0. The van der Waals surface area contributed by atoms with Crippen molar-refractivity contribution in [2.75, 3.05) is 19.6 Å². The first-order valence-corrected chi connectivity index (χ1v) is 10.3. The highest BCUT2D eigenvalue weighted by Crippen LogP contribution is 2.34. The van der Waals surface area contributed by atoms with Gasteiger partial charge in [0.05, 0.1) is 0 Å². The topological polar surface area (TPSA) is 52.7 Å². The molecular weight excluding hydrogens is 338 g/mol. The molecule has 1 atom stereocenters. The second kappa shape index (κ2) is 8.42. The minimum absolute atomic E-state index is 0.0561. The summed E-state index contributed by atoms with van der Waals surface area (Å²) < 4.78 is 0. The molecule has 1 aromatic carbocycles. The molecule has 0 aromatic heterocycles. The van der Waals surface area contributed by atoms with Crippen LogP contribution in [0.3, 0.4) is 0 Å². The summed E-state index contributed by atoms with van der Waals surface area (Å²) in [5.41, 5.74) is 0.633. The number of piperazine rings is 1. The van der Waals surface area contributed by atoms with E-state index in [0.717, 1.165) is 26.1 Å². The van der Waals surface area contributed by atoms with Crippen molar-refractivity contribution >= 4 is 11.8 Å². The van der Waals surface area contributed by atoms with Crippen molar-refractivity contribution in [3.05, 3.63) is 35.9 Å². The largest absolute Gasteiger partial charge is 0.342 e. The molecule has 0 unspecified atom stereocenters. The summed E-state index contributed by atoms with van der Waals surface area (Å²) in [5, 5.41) is 3.06. The van der Waals surface area contributed by atoms with Crippen LogP contribution in [0.2, 0.25) is 0 Å². The molecule has 5 heteroatoms. The minimum Gasteiger partial charge on any atom is -0.342 e. The summed E-state index contributed by atoms with van der Waals surface area (Å²) in [6.45, 7) is 9.51. The zero-order valence-corrected chi connectivity index (χ0v) is 16.9. The Morgan fingerprint density at radius 3 is 2.41 bits per heavy atom. The normalized spacial score (nSPS) is 23.1. The van der Waals surface area contributed by atoms with Crippen LogP contribution in [-0.2, 0) is 16.1 Å². The lowest BCUT2D eigenvalue weighted by Gasteiger charge is -2.52. The summed E-state index contributed by atoms with van der Waals surface area (Å²) >= 11 is 0. The minimum atomic E-state index is -0.659. The summed E-state index contributed by atoms with van der Waals surface area (Å²) in [6.07, 6.45) is 3.02. The maximum Gasteiger partial charge on any atom is 0.246 e. The van der Waals surface area contributed by atoms with Crippen LogP contribution in [0.15, 0.2) is 30.3 Å². The molecule has 2 heterocycles. The average Bonchev–Trinajstić information content (AvgIpc) is 2.65. The maximum absolute atomic E-state index is 13.1. The van der Waals surface area contributed by atoms with Crippen LogP contribution in [-0.4, -0.2) is 52.8 Å². The number of likely N-dealkylation sites (tertiary alicyclic amines) is 1. The first-order valence-electron chi connectivity index (χ1n) is 10.3. The van der Waals surface area contributed by atoms with Crippen LogP contribution in [0, 0.1) is 5.92 Å². The van der Waals surface area contributed by atoms with E-state index in [1.54, 1.807) is 0 Å². The van der Waals surface area contributed by atoms with E-state index in [4.69, 9.17) is 0 Å². The fourth-order valence-corrected chi connectivity index (χ4v) is 4.47. The van der Waals surface area contributed by atoms with Gasteiger partial charge in [-0.1, -0.05) is 51.1 Å². The lowest BCUT2D eigenvalue weighted by Crippen LogP contribution is -2.73. The number of nitrogens with one attached hydrogen (secondary N) is 1. The van der Waals surface area contributed by atoms with Gasteiger partial charge in [-0.2, -0.15) is 0 Å². The molecule has 148 valence electrons. The highest BCUT2D eigenvalue weighted by atomic mass is 16.2. The van der Waals surface area contributed by atoms with Gasteiger partial charge >= 0.3 is 0 Å². The third-order valence-electron chi connectivity index (χ3n) is 5.90. The summed E-state index contributed by atoms with van der Waals surface area (Å²) in [4.78, 5) is 30.6. The second-order valence-electron chi connectivity index (χ2n) is 8.44. The van der Waals surface area contributed by atoms with E-state index < -0.39 is 5.54 Å². The lowest BCUT2D eigenvalue weighted by atomic mass is 9.80. The molecule has 2 fully saturated rings. The number of benzene rings is 1. The van der Waals surface area contributed by atoms with Gasteiger partial charge in [0, 0.05) is 26.2 Å². The first kappa shape index (κ1) is 19.9. The van der Waals surface area contributed by atoms with Crippen LogP contribution in [0.1, 0.15) is 52.0 Å². The van der Waals surface area contributed by atoms with Gasteiger partial charge < -0.3 is 10.2 Å². The monoisotopic (exact) mass is 371 g/mol. The number of hydrogen-bond donors (Lipinski definition) is 1. The molecule has 0 aliphatic carbocycles. The van der Waals surface area contributed by atoms with Gasteiger partial charge in [0.15, 0.2) is 0 Å². The summed E-state index contributed by atoms with van der Waals surface area (Å²) in [6, 6.07) is 10.1. The van der Waals surface area contributed by atoms with E-state index in [9.17, 15) is 9.59 Å². The van der Waals surface area contributed by atoms with E-state index in [1.165, 1.54) is 5.56 Å². The van der Waals surface area contributed by atoms with Gasteiger partial charge in [0.1, 0.15) is 11.6 Å². The third-order valence-corrected chi connectivity index (χ3v) is 5.90. The number of nitrogens with zero attached hydrogens (tertiary/aromatic N) is 2. The zero-order chi connectivity index (χ0) is 19.4. The molecule has 5 nitrogen and oxygen atoms in total. The Morgan fingerprint density at radius 1 is 1.15 bits per heavy atom. The Hall–Kier alpha value is -1.88. The Morgan fingerprint density at radius 2 is 1.81 bits per heavy atom. The van der Waals surface area contributed by atoms with E-state index in [0.29, 0.717) is 31.7 Å². The number of amides is 2. The van der Waals surface area contributed by atoms with Crippen LogP contribution >= 0.6 is 0 Å². The molecule has 1 aromatic rings. The Bertz CT molecular complexity index is 651. The van der Waals surface area contributed by atoms with E-state index in [2.05, 4.69) is 55.3 Å². The van der Waals surface area contributed by atoms with Crippen molar-refractivity contribution < 1.29 is 9.59 Å². The Kier molecular flexibility index (Phi) is 6.20. The molecule has 0 saturated carbocycles. The molecule has 0 radical (unpaired) electrons. The SMILES string of the molecule is CCCN1C(=O)[C@H](CC(C)C)NC(=O)C12CCN(Cc1ccccc1)CC2. The predicted molar refractivity (Wildman–Crippen MR) is 107 cm³/mol. The molecular formula is C22H33N3O2. The van der Waals surface area contributed by atoms with Gasteiger partial charge in [-0.15, -0.1) is 0 Å². The summed E-state index contributed by atoms with van der Waals surface area (Å²) in [7, 11) is 0. The fourth-order valence-electron chi connectivity index (χ4n) is 4.47. The van der Waals surface area contributed by atoms with Crippen molar-refractivity contribution in [1.29, 1.82) is 0 Å². The standard InChI is InChI=1S/C22H33N3O2/c1-4-12-25-20(26)19(15-17(2)3)23-21(27)22(25)10-13-24(14-11-22)16-18-8-6-5-7-9-18/h5-9,17,19H,4,10-16H2,1-3H3,(H,23,27)/t19-/m0/s1. The van der Waals surface area contributed by atoms with Crippen LogP contribution in [0.4, 0.5) is 0 Å². The van der Waals surface area contributed by atoms with Crippen molar-refractivity contribution in [2.45, 2.75) is 64.6 Å². The average molecular weight is 372 g/mol. The van der Waals surface area contributed by atoms with Gasteiger partial charge in [0.2, 0.25) is 11.8 Å². The van der Waals surface area contributed by atoms with Crippen molar-refractivity contribution in [2.24, 2.45) is 5.92 Å². The maximum atomic E-state index is 13.1. The number of hydrogen-bond acceptors (Lipinski definition) is 3. The molecule has 2 amide bonds. The van der Waals surface area contributed by atoms with Crippen molar-refractivity contribution in [3.8, 4) is 0 Å². The highest BCUT2D eigenvalue weighted by Gasteiger charge is 2.53. The quantitative estimate of drug-likeness (QED) is 0.837. The number of piperidine rings is 1. The van der Waals surface area contributed by atoms with Gasteiger partial charge in [0.25, 0.3) is 0 Å². The van der Waals surface area contributed by atoms with Crippen LogP contribution in [0.25, 0.3) is 0 Å². The van der Waals surface area contributed by atoms with E-state index in [1.807, 2.05) is 11.0 Å². The van der Waals surface area contributed by atoms with E-state index >= 15 is 0 Å². The molecule has 2 aliphatic rings. The molecule has 1 N–H and O–H groups in total. The van der Waals surface area contributed by atoms with Gasteiger partial charge in [-0.3, -0.25) is 14.5 Å². The smallest absolute Gasteiger partial charge is 0.246 e. The zero-order valence-electron chi connectivity index (χ0n) is 16.9. The second-order valence-corrected chi connectivity index (χ2v) is 8.44. The van der Waals surface area contributed by atoms with Gasteiger partial charge in [-0.05, 0) is 37.2 Å².